The highest BCUT2D eigenvalue weighted by atomic mass is 32.2. The Hall–Kier alpha value is -2.84. The summed E-state index contributed by atoms with van der Waals surface area (Å²) in [5.41, 5.74) is 2.58. The summed E-state index contributed by atoms with van der Waals surface area (Å²) in [6.45, 7) is 4.47. The van der Waals surface area contributed by atoms with Crippen LogP contribution in [0.1, 0.15) is 46.3 Å². The van der Waals surface area contributed by atoms with Crippen molar-refractivity contribution in [2.75, 3.05) is 26.7 Å². The summed E-state index contributed by atoms with van der Waals surface area (Å²) in [6.07, 6.45) is 4.08. The van der Waals surface area contributed by atoms with Gasteiger partial charge in [0.2, 0.25) is 0 Å². The van der Waals surface area contributed by atoms with Gasteiger partial charge in [-0.25, -0.2) is 4.98 Å². The van der Waals surface area contributed by atoms with E-state index in [2.05, 4.69) is 32.5 Å². The lowest BCUT2D eigenvalue weighted by Gasteiger charge is -2.28. The highest BCUT2D eigenvalue weighted by Gasteiger charge is 2.25. The topological polar surface area (TPSA) is 80.5 Å². The molecule has 32 heavy (non-hydrogen) atoms. The minimum Gasteiger partial charge on any atom is -0.497 e. The van der Waals surface area contributed by atoms with Crippen molar-refractivity contribution in [3.63, 3.8) is 0 Å². The average Bonchev–Trinajstić information content (AvgIpc) is 3.50. The third kappa shape index (κ3) is 5.49. The van der Waals surface area contributed by atoms with Crippen molar-refractivity contribution < 1.29 is 14.1 Å². The van der Waals surface area contributed by atoms with Gasteiger partial charge in [0, 0.05) is 24.6 Å². The molecule has 0 unspecified atom stereocenters. The van der Waals surface area contributed by atoms with Crippen LogP contribution in [0, 0.1) is 6.92 Å². The van der Waals surface area contributed by atoms with E-state index in [1.54, 1.807) is 19.4 Å². The maximum absolute atomic E-state index is 13.1. The number of rotatable bonds is 9. The molecule has 2 aromatic heterocycles. The monoisotopic (exact) mass is 452 g/mol. The molecule has 3 heterocycles. The number of hydrogen-bond acceptors (Lipinski definition) is 7. The van der Waals surface area contributed by atoms with Crippen LogP contribution in [0.15, 0.2) is 58.2 Å². The molecule has 1 fully saturated rings. The Morgan fingerprint density at radius 2 is 2.03 bits per heavy atom. The lowest BCUT2D eigenvalue weighted by atomic mass is 10.0. The first-order valence-electron chi connectivity index (χ1n) is 10.8. The summed E-state index contributed by atoms with van der Waals surface area (Å²) in [4.78, 5) is 20.0. The number of benzene rings is 1. The molecule has 0 bridgehead atoms. The molecule has 0 aliphatic carbocycles. The molecule has 1 N–H and O–H groups in total. The fraction of sp³-hybridized carbons (Fsp3) is 0.375. The lowest BCUT2D eigenvalue weighted by Crippen LogP contribution is -2.37. The van der Waals surface area contributed by atoms with Crippen molar-refractivity contribution in [1.82, 2.24) is 20.4 Å². The molecule has 1 saturated heterocycles. The number of amides is 1. The van der Waals surface area contributed by atoms with Crippen LogP contribution in [0.5, 0.6) is 5.75 Å². The zero-order valence-electron chi connectivity index (χ0n) is 18.4. The number of hydrogen-bond donors (Lipinski definition) is 1. The molecule has 0 saturated carbocycles. The van der Waals surface area contributed by atoms with E-state index in [0.717, 1.165) is 30.3 Å². The smallest absolute Gasteiger partial charge is 0.254 e. The molecule has 1 atom stereocenters. The van der Waals surface area contributed by atoms with Crippen LogP contribution < -0.4 is 10.1 Å². The highest BCUT2D eigenvalue weighted by Crippen LogP contribution is 2.27. The molecular weight excluding hydrogens is 424 g/mol. The first-order valence-corrected chi connectivity index (χ1v) is 11.8. The zero-order valence-corrected chi connectivity index (χ0v) is 19.2. The van der Waals surface area contributed by atoms with Crippen LogP contribution in [0.25, 0.3) is 0 Å². The Labute approximate surface area is 192 Å². The third-order valence-corrected chi connectivity index (χ3v) is 6.63. The van der Waals surface area contributed by atoms with Crippen LogP contribution in [-0.2, 0) is 5.75 Å². The second-order valence-electron chi connectivity index (χ2n) is 7.82. The van der Waals surface area contributed by atoms with Gasteiger partial charge in [-0.05, 0) is 62.7 Å². The van der Waals surface area contributed by atoms with Gasteiger partial charge in [0.1, 0.15) is 16.5 Å². The van der Waals surface area contributed by atoms with Crippen molar-refractivity contribution in [1.29, 1.82) is 0 Å². The van der Waals surface area contributed by atoms with Gasteiger partial charge < -0.3 is 14.6 Å². The summed E-state index contributed by atoms with van der Waals surface area (Å²) in [6, 6.07) is 13.7. The largest absolute Gasteiger partial charge is 0.497 e. The molecule has 1 aromatic carbocycles. The quantitative estimate of drug-likeness (QED) is 0.486. The molecule has 1 aliphatic rings. The molecule has 1 aliphatic heterocycles. The molecule has 1 amide bonds. The van der Waals surface area contributed by atoms with Crippen molar-refractivity contribution in [2.24, 2.45) is 0 Å². The van der Waals surface area contributed by atoms with Crippen molar-refractivity contribution >= 4 is 17.7 Å². The summed E-state index contributed by atoms with van der Waals surface area (Å²) >= 11 is 1.48. The number of ether oxygens (including phenoxy) is 1. The number of nitrogens with zero attached hydrogens (tertiary/aromatic N) is 3. The van der Waals surface area contributed by atoms with E-state index in [0.29, 0.717) is 22.9 Å². The molecule has 0 radical (unpaired) electrons. The van der Waals surface area contributed by atoms with Gasteiger partial charge in [-0.3, -0.25) is 9.69 Å². The third-order valence-electron chi connectivity index (χ3n) is 5.59. The van der Waals surface area contributed by atoms with Gasteiger partial charge in [0.15, 0.2) is 0 Å². The Morgan fingerprint density at radius 3 is 2.72 bits per heavy atom. The van der Waals surface area contributed by atoms with E-state index in [4.69, 9.17) is 9.26 Å². The molecule has 7 nitrogen and oxygen atoms in total. The van der Waals surface area contributed by atoms with Gasteiger partial charge in [0.25, 0.3) is 5.91 Å². The predicted molar refractivity (Wildman–Crippen MR) is 124 cm³/mol. The molecule has 8 heteroatoms. The predicted octanol–water partition coefficient (Wildman–Crippen LogP) is 4.25. The number of aromatic nitrogens is 2. The van der Waals surface area contributed by atoms with Gasteiger partial charge in [-0.2, -0.15) is 0 Å². The lowest BCUT2D eigenvalue weighted by molar-refractivity contribution is 0.0934. The van der Waals surface area contributed by atoms with Gasteiger partial charge in [-0.15, -0.1) is 0 Å². The van der Waals surface area contributed by atoms with Crippen molar-refractivity contribution in [3.8, 4) is 5.75 Å². The second-order valence-corrected chi connectivity index (χ2v) is 8.78. The number of carbonyl (C=O) groups is 1. The normalized spacial score (nSPS) is 14.9. The Kier molecular flexibility index (Phi) is 7.44. The Balaban J connectivity index is 1.44. The van der Waals surface area contributed by atoms with Crippen molar-refractivity contribution in [3.05, 3.63) is 71.2 Å². The summed E-state index contributed by atoms with van der Waals surface area (Å²) in [5.74, 6) is 2.08. The fourth-order valence-corrected chi connectivity index (χ4v) is 4.80. The number of nitrogens with one attached hydrogen (secondary N) is 1. The van der Waals surface area contributed by atoms with E-state index >= 15 is 0 Å². The Bertz CT molecular complexity index is 1030. The molecule has 0 spiro atoms. The molecule has 3 aromatic rings. The molecule has 4 rings (SSSR count). The number of aryl methyl sites for hydroxylation is 1. The highest BCUT2D eigenvalue weighted by molar-refractivity contribution is 7.98. The zero-order chi connectivity index (χ0) is 22.3. The van der Waals surface area contributed by atoms with Crippen LogP contribution in [0.2, 0.25) is 0 Å². The van der Waals surface area contributed by atoms with Crippen LogP contribution in [0.3, 0.4) is 0 Å². The van der Waals surface area contributed by atoms with E-state index in [1.165, 1.54) is 30.2 Å². The van der Waals surface area contributed by atoms with Crippen LogP contribution in [-0.4, -0.2) is 47.7 Å². The minimum absolute atomic E-state index is 0.116. The molecule has 168 valence electrons. The first kappa shape index (κ1) is 22.4. The van der Waals surface area contributed by atoms with Gasteiger partial charge in [0.05, 0.1) is 24.4 Å². The average molecular weight is 453 g/mol. The van der Waals surface area contributed by atoms with E-state index < -0.39 is 0 Å². The van der Waals surface area contributed by atoms with Gasteiger partial charge in [-0.1, -0.05) is 29.1 Å². The van der Waals surface area contributed by atoms with E-state index in [9.17, 15) is 4.79 Å². The SMILES string of the molecule is COc1ccc([C@H](CNC(=O)c2cccnc2SCc2cc(C)on2)N2CCCC2)cc1. The number of pyridine rings is 1. The molecular formula is C24H28N4O3S. The minimum atomic E-state index is -0.116. The maximum Gasteiger partial charge on any atom is 0.254 e. The first-order chi connectivity index (χ1) is 15.6. The van der Waals surface area contributed by atoms with Crippen LogP contribution in [0.4, 0.5) is 0 Å². The van der Waals surface area contributed by atoms with Crippen molar-refractivity contribution in [2.45, 2.75) is 36.6 Å². The fourth-order valence-electron chi connectivity index (χ4n) is 3.93. The summed E-state index contributed by atoms with van der Waals surface area (Å²) < 4.78 is 10.4. The summed E-state index contributed by atoms with van der Waals surface area (Å²) in [5, 5.41) is 7.85. The number of thioether (sulfide) groups is 1. The Morgan fingerprint density at radius 1 is 1.25 bits per heavy atom. The van der Waals surface area contributed by atoms with Gasteiger partial charge >= 0.3 is 0 Å². The number of methoxy groups -OCH3 is 1. The standard InChI is InChI=1S/C24H28N4O3S/c1-17-14-19(27-31-17)16-32-24-21(6-5-11-25-24)23(29)26-15-22(28-12-3-4-13-28)18-7-9-20(30-2)10-8-18/h5-11,14,22H,3-4,12-13,15-16H2,1-2H3,(H,26,29)/t22-/m0/s1. The number of likely N-dealkylation sites (tertiary alicyclic amines) is 1. The van der Waals surface area contributed by atoms with E-state index in [-0.39, 0.29) is 11.9 Å². The van der Waals surface area contributed by atoms with Crippen LogP contribution >= 0.6 is 11.8 Å². The number of carbonyl (C=O) groups excluding carboxylic acids is 1. The summed E-state index contributed by atoms with van der Waals surface area (Å²) in [7, 11) is 1.67. The second kappa shape index (κ2) is 10.7. The maximum atomic E-state index is 13.1. The van der Waals surface area contributed by atoms with E-state index in [1.807, 2.05) is 31.2 Å².